The van der Waals surface area contributed by atoms with Crippen molar-refractivity contribution in [3.05, 3.63) is 0 Å². The van der Waals surface area contributed by atoms with E-state index in [1.54, 1.807) is 0 Å². The highest BCUT2D eigenvalue weighted by atomic mass is 15.2. The van der Waals surface area contributed by atoms with Crippen LogP contribution in [0.25, 0.3) is 0 Å². The van der Waals surface area contributed by atoms with E-state index in [0.29, 0.717) is 6.04 Å². The molecule has 0 spiro atoms. The number of likely N-dealkylation sites (N-methyl/N-ethyl adjacent to an activating group) is 1. The van der Waals surface area contributed by atoms with E-state index in [1.807, 2.05) is 0 Å². The lowest BCUT2D eigenvalue weighted by molar-refractivity contribution is 0.0172. The second-order valence-electron chi connectivity index (χ2n) is 7.17. The maximum absolute atomic E-state index is 3.77. The predicted octanol–water partition coefficient (Wildman–Crippen LogP) is 2.71. The van der Waals surface area contributed by atoms with Crippen LogP contribution in [-0.2, 0) is 0 Å². The highest BCUT2D eigenvalue weighted by molar-refractivity contribution is 4.95. The summed E-state index contributed by atoms with van der Waals surface area (Å²) in [5, 5.41) is 3.77. The number of piperidine rings is 2. The quantitative estimate of drug-likeness (QED) is 0.774. The molecule has 20 heavy (non-hydrogen) atoms. The number of hydrogen-bond donors (Lipinski definition) is 1. The van der Waals surface area contributed by atoms with Crippen molar-refractivity contribution < 1.29 is 0 Å². The summed E-state index contributed by atoms with van der Waals surface area (Å²) in [5.41, 5.74) is 0. The molecule has 0 aliphatic carbocycles. The fraction of sp³-hybridized carbons (Fsp3) is 1.00. The van der Waals surface area contributed by atoms with E-state index in [2.05, 4.69) is 42.9 Å². The largest absolute Gasteiger partial charge is 0.314 e. The maximum Gasteiger partial charge on any atom is 0.0115 e. The highest BCUT2D eigenvalue weighted by Crippen LogP contribution is 2.33. The van der Waals surface area contributed by atoms with Gasteiger partial charge in [-0.3, -0.25) is 4.90 Å². The first-order valence-electron chi connectivity index (χ1n) is 8.81. The van der Waals surface area contributed by atoms with Crippen LogP contribution in [0.4, 0.5) is 0 Å². The molecule has 0 aromatic carbocycles. The molecule has 1 N–H and O–H groups in total. The molecule has 0 saturated carbocycles. The first-order valence-corrected chi connectivity index (χ1v) is 8.81. The van der Waals surface area contributed by atoms with Crippen molar-refractivity contribution in [3.8, 4) is 0 Å². The van der Waals surface area contributed by atoms with Crippen LogP contribution in [0.15, 0.2) is 0 Å². The Morgan fingerprint density at radius 1 is 1.20 bits per heavy atom. The van der Waals surface area contributed by atoms with Crippen LogP contribution in [-0.4, -0.2) is 60.6 Å². The molecule has 3 nitrogen and oxygen atoms in total. The van der Waals surface area contributed by atoms with Gasteiger partial charge in [0.25, 0.3) is 0 Å². The van der Waals surface area contributed by atoms with Gasteiger partial charge in [-0.25, -0.2) is 0 Å². The Kier molecular flexibility index (Phi) is 6.31. The van der Waals surface area contributed by atoms with Crippen molar-refractivity contribution in [2.24, 2.45) is 0 Å². The standard InChI is InChI=1S/C17H35N3/c1-5-9-18-15-12-16-7-6-8-17(13-15)20(16)11-10-19(4)14(2)3/h14-18H,5-13H2,1-4H3. The fourth-order valence-corrected chi connectivity index (χ4v) is 3.89. The van der Waals surface area contributed by atoms with Gasteiger partial charge in [-0.15, -0.1) is 0 Å². The van der Waals surface area contributed by atoms with E-state index >= 15 is 0 Å². The summed E-state index contributed by atoms with van der Waals surface area (Å²) < 4.78 is 0. The van der Waals surface area contributed by atoms with E-state index in [9.17, 15) is 0 Å². The van der Waals surface area contributed by atoms with Gasteiger partial charge in [0, 0.05) is 37.3 Å². The maximum atomic E-state index is 3.77. The lowest BCUT2D eigenvalue weighted by atomic mass is 9.81. The summed E-state index contributed by atoms with van der Waals surface area (Å²) >= 11 is 0. The molecule has 2 bridgehead atoms. The summed E-state index contributed by atoms with van der Waals surface area (Å²) in [5.74, 6) is 0. The van der Waals surface area contributed by atoms with Crippen LogP contribution in [0.1, 0.15) is 59.3 Å². The average Bonchev–Trinajstić information content (AvgIpc) is 2.41. The molecule has 0 aromatic rings. The van der Waals surface area contributed by atoms with E-state index in [4.69, 9.17) is 0 Å². The van der Waals surface area contributed by atoms with Crippen molar-refractivity contribution in [2.45, 2.75) is 83.5 Å². The molecule has 0 radical (unpaired) electrons. The first kappa shape index (κ1) is 16.3. The van der Waals surface area contributed by atoms with Crippen LogP contribution >= 0.6 is 0 Å². The molecule has 0 aromatic heterocycles. The van der Waals surface area contributed by atoms with Crippen molar-refractivity contribution in [1.82, 2.24) is 15.1 Å². The Hall–Kier alpha value is -0.120. The van der Waals surface area contributed by atoms with Gasteiger partial charge in [0.2, 0.25) is 0 Å². The SMILES string of the molecule is CCCNC1CC2CCCC(C1)N2CCN(C)C(C)C. The predicted molar refractivity (Wildman–Crippen MR) is 87.2 cm³/mol. The third-order valence-electron chi connectivity index (χ3n) is 5.40. The average molecular weight is 281 g/mol. The van der Waals surface area contributed by atoms with Crippen molar-refractivity contribution in [1.29, 1.82) is 0 Å². The highest BCUT2D eigenvalue weighted by Gasteiger charge is 2.37. The van der Waals surface area contributed by atoms with Gasteiger partial charge >= 0.3 is 0 Å². The zero-order valence-corrected chi connectivity index (χ0v) is 14.1. The zero-order valence-electron chi connectivity index (χ0n) is 14.1. The Balaban J connectivity index is 1.85. The summed E-state index contributed by atoms with van der Waals surface area (Å²) in [6, 6.07) is 3.14. The molecular weight excluding hydrogens is 246 g/mol. The summed E-state index contributed by atoms with van der Waals surface area (Å²) in [6.07, 6.45) is 8.31. The van der Waals surface area contributed by atoms with Crippen LogP contribution in [0.3, 0.4) is 0 Å². The molecule has 2 atom stereocenters. The van der Waals surface area contributed by atoms with E-state index in [1.165, 1.54) is 58.2 Å². The molecule has 2 aliphatic rings. The lowest BCUT2D eigenvalue weighted by Gasteiger charge is -2.49. The van der Waals surface area contributed by atoms with E-state index in [-0.39, 0.29) is 0 Å². The van der Waals surface area contributed by atoms with E-state index < -0.39 is 0 Å². The Morgan fingerprint density at radius 2 is 1.85 bits per heavy atom. The van der Waals surface area contributed by atoms with Gasteiger partial charge in [-0.2, -0.15) is 0 Å². The normalized spacial score (nSPS) is 31.2. The Labute approximate surface area is 126 Å². The molecule has 2 heterocycles. The molecule has 0 amide bonds. The van der Waals surface area contributed by atoms with Gasteiger partial charge < -0.3 is 10.2 Å². The lowest BCUT2D eigenvalue weighted by Crippen LogP contribution is -2.57. The summed E-state index contributed by atoms with van der Waals surface area (Å²) in [7, 11) is 2.26. The summed E-state index contributed by atoms with van der Waals surface area (Å²) in [6.45, 7) is 10.5. The first-order chi connectivity index (χ1) is 9.61. The molecule has 2 saturated heterocycles. The Bertz CT molecular complexity index is 265. The molecule has 2 unspecified atom stereocenters. The number of hydrogen-bond acceptors (Lipinski definition) is 3. The monoisotopic (exact) mass is 281 g/mol. The number of nitrogens with one attached hydrogen (secondary N) is 1. The summed E-state index contributed by atoms with van der Waals surface area (Å²) in [4.78, 5) is 5.32. The van der Waals surface area contributed by atoms with Gasteiger partial charge in [-0.05, 0) is 59.5 Å². The third-order valence-corrected chi connectivity index (χ3v) is 5.40. The molecule has 2 fully saturated rings. The molecule has 2 aliphatic heterocycles. The van der Waals surface area contributed by atoms with Gasteiger partial charge in [0.05, 0.1) is 0 Å². The van der Waals surface area contributed by atoms with Gasteiger partial charge in [-0.1, -0.05) is 13.3 Å². The minimum absolute atomic E-state index is 0.665. The van der Waals surface area contributed by atoms with Crippen molar-refractivity contribution >= 4 is 0 Å². The third kappa shape index (κ3) is 4.19. The number of fused-ring (bicyclic) bond motifs is 2. The van der Waals surface area contributed by atoms with E-state index in [0.717, 1.165) is 18.1 Å². The van der Waals surface area contributed by atoms with Crippen LogP contribution < -0.4 is 5.32 Å². The van der Waals surface area contributed by atoms with Crippen LogP contribution in [0, 0.1) is 0 Å². The second kappa shape index (κ2) is 7.77. The number of rotatable bonds is 7. The topological polar surface area (TPSA) is 18.5 Å². The molecule has 118 valence electrons. The molecule has 3 heteroatoms. The second-order valence-corrected chi connectivity index (χ2v) is 7.17. The zero-order chi connectivity index (χ0) is 14.5. The van der Waals surface area contributed by atoms with Crippen LogP contribution in [0.5, 0.6) is 0 Å². The van der Waals surface area contributed by atoms with Gasteiger partial charge in [0.1, 0.15) is 0 Å². The minimum atomic E-state index is 0.665. The smallest absolute Gasteiger partial charge is 0.0115 e. The van der Waals surface area contributed by atoms with Crippen LogP contribution in [0.2, 0.25) is 0 Å². The minimum Gasteiger partial charge on any atom is -0.314 e. The van der Waals surface area contributed by atoms with Crippen molar-refractivity contribution in [3.63, 3.8) is 0 Å². The fourth-order valence-electron chi connectivity index (χ4n) is 3.89. The van der Waals surface area contributed by atoms with Gasteiger partial charge in [0.15, 0.2) is 0 Å². The van der Waals surface area contributed by atoms with Crippen molar-refractivity contribution in [2.75, 3.05) is 26.7 Å². The number of nitrogens with zero attached hydrogens (tertiary/aromatic N) is 2. The molecular formula is C17H35N3. The Morgan fingerprint density at radius 3 is 2.40 bits per heavy atom. The molecule has 2 rings (SSSR count).